The van der Waals surface area contributed by atoms with Gasteiger partial charge in [0.15, 0.2) is 0 Å². The topological polar surface area (TPSA) is 0 Å². The molecule has 20 aromatic carbocycles. The Morgan fingerprint density at radius 3 is 0.990 bits per heavy atom. The van der Waals surface area contributed by atoms with Gasteiger partial charge in [-0.2, -0.15) is 0 Å². The maximum Gasteiger partial charge on any atom is -0.00697 e. The fourth-order valence-corrected chi connectivity index (χ4v) is 14.9. The van der Waals surface area contributed by atoms with E-state index in [1.165, 1.54) is 184 Å². The summed E-state index contributed by atoms with van der Waals surface area (Å²) in [7, 11) is 0. The average Bonchev–Trinajstić information content (AvgIpc) is 0.755. The first-order valence-corrected chi connectivity index (χ1v) is 34.2. The van der Waals surface area contributed by atoms with Gasteiger partial charge in [0.05, 0.1) is 0 Å². The lowest BCUT2D eigenvalue weighted by atomic mass is 9.92. The molecule has 0 fully saturated rings. The summed E-state index contributed by atoms with van der Waals surface area (Å²) in [5, 5.41) is 37.6. The smallest absolute Gasteiger partial charge is 0.00697 e. The molecule has 0 aliphatic rings. The summed E-state index contributed by atoms with van der Waals surface area (Å²) >= 11 is 0. The second-order valence-electron chi connectivity index (χ2n) is 26.1. The van der Waals surface area contributed by atoms with E-state index >= 15 is 0 Å². The van der Waals surface area contributed by atoms with Crippen LogP contribution < -0.4 is 0 Å². The van der Waals surface area contributed by atoms with Gasteiger partial charge in [-0.05, 0) is 233 Å². The number of rotatable bonds is 0. The second kappa shape index (κ2) is 27.4. The van der Waals surface area contributed by atoms with E-state index in [0.717, 1.165) is 0 Å². The van der Waals surface area contributed by atoms with Crippen LogP contribution in [0.2, 0.25) is 0 Å². The molecule has 0 aromatic heterocycles. The largest absolute Gasteiger partial charge is 0.0616 e. The molecule has 0 heteroatoms. The SMILES string of the molecule is Cc1c2ccccc2cc2ccccc12.Cc1cc2ccccc2c2ccccc12.Cc1ccc2c3ccccc3c3ccccc3c2c1.Cc1ccc2cc3ccccc3cc2c1.Cc1cccc2c3ccccc3c3ccccc3c12.Cc1cccc2ccc3ccccc3c12. The lowest BCUT2D eigenvalue weighted by molar-refractivity contribution is 1.51. The third kappa shape index (κ3) is 12.3. The number of aryl methyl sites for hydroxylation is 6. The summed E-state index contributed by atoms with van der Waals surface area (Å²) in [6, 6.07) is 126. The van der Waals surface area contributed by atoms with Crippen LogP contribution >= 0.6 is 0 Å². The third-order valence-electron chi connectivity index (χ3n) is 19.7. The lowest BCUT2D eigenvalue weighted by Crippen LogP contribution is -1.85. The summed E-state index contributed by atoms with van der Waals surface area (Å²) in [6.07, 6.45) is 0. The normalized spacial score (nSPS) is 11.2. The molecule has 0 saturated heterocycles. The van der Waals surface area contributed by atoms with Gasteiger partial charge in [-0.15, -0.1) is 0 Å². The van der Waals surface area contributed by atoms with E-state index in [1.807, 2.05) is 0 Å². The zero-order valence-electron chi connectivity index (χ0n) is 56.5. The molecular weight excluding hydrogens is 1180 g/mol. The average molecular weight is 1250 g/mol. The van der Waals surface area contributed by atoms with Gasteiger partial charge in [-0.3, -0.25) is 0 Å². The Morgan fingerprint density at radius 1 is 0.133 bits per heavy atom. The fraction of sp³-hybridized carbons (Fsp3) is 0.0612. The van der Waals surface area contributed by atoms with Gasteiger partial charge in [0.2, 0.25) is 0 Å². The second-order valence-corrected chi connectivity index (χ2v) is 26.1. The first-order chi connectivity index (χ1) is 48.1. The molecule has 0 nitrogen and oxygen atoms in total. The number of benzene rings is 20. The number of hydrogen-bond acceptors (Lipinski definition) is 0. The molecule has 0 N–H and O–H groups in total. The summed E-state index contributed by atoms with van der Waals surface area (Å²) in [5.41, 5.74) is 8.06. The quantitative estimate of drug-likeness (QED) is 0.105. The van der Waals surface area contributed by atoms with Crippen LogP contribution in [0.25, 0.3) is 151 Å². The van der Waals surface area contributed by atoms with Gasteiger partial charge in [0.1, 0.15) is 0 Å². The van der Waals surface area contributed by atoms with E-state index < -0.39 is 0 Å². The van der Waals surface area contributed by atoms with Crippen LogP contribution in [0.5, 0.6) is 0 Å². The Bertz CT molecular complexity index is 6170. The van der Waals surface area contributed by atoms with E-state index in [2.05, 4.69) is 393 Å². The Labute approximate surface area is 573 Å². The molecule has 0 amide bonds. The summed E-state index contributed by atoms with van der Waals surface area (Å²) < 4.78 is 0. The highest BCUT2D eigenvalue weighted by Gasteiger charge is 2.11. The fourth-order valence-electron chi connectivity index (χ4n) is 14.9. The lowest BCUT2D eigenvalue weighted by Gasteiger charge is -2.11. The molecule has 98 heavy (non-hydrogen) atoms. The first kappa shape index (κ1) is 62.2. The Hall–Kier alpha value is -12.0. The van der Waals surface area contributed by atoms with Gasteiger partial charge in [0.25, 0.3) is 0 Å². The minimum atomic E-state index is 1.31. The van der Waals surface area contributed by atoms with Crippen molar-refractivity contribution in [3.8, 4) is 0 Å². The molecule has 0 heterocycles. The van der Waals surface area contributed by atoms with Crippen LogP contribution in [0.15, 0.2) is 352 Å². The Balaban J connectivity index is 0.0000000963. The highest BCUT2D eigenvalue weighted by molar-refractivity contribution is 6.27. The molecule has 20 rings (SSSR count). The van der Waals surface area contributed by atoms with Gasteiger partial charge in [-0.1, -0.05) is 345 Å². The highest BCUT2D eigenvalue weighted by Crippen LogP contribution is 2.38. The summed E-state index contributed by atoms with van der Waals surface area (Å²) in [4.78, 5) is 0. The summed E-state index contributed by atoms with van der Waals surface area (Å²) in [6.45, 7) is 13.0. The van der Waals surface area contributed by atoms with Crippen molar-refractivity contribution in [3.63, 3.8) is 0 Å². The van der Waals surface area contributed by atoms with E-state index in [-0.39, 0.29) is 0 Å². The molecule has 0 saturated carbocycles. The van der Waals surface area contributed by atoms with Gasteiger partial charge in [-0.25, -0.2) is 0 Å². The van der Waals surface area contributed by atoms with Gasteiger partial charge < -0.3 is 0 Å². The van der Waals surface area contributed by atoms with E-state index in [4.69, 9.17) is 0 Å². The van der Waals surface area contributed by atoms with Crippen molar-refractivity contribution in [1.29, 1.82) is 0 Å². The molecule has 0 atom stereocenters. The number of hydrogen-bond donors (Lipinski definition) is 0. The minimum Gasteiger partial charge on any atom is -0.0616 e. The van der Waals surface area contributed by atoms with E-state index in [1.54, 1.807) is 0 Å². The van der Waals surface area contributed by atoms with Gasteiger partial charge >= 0.3 is 0 Å². The molecule has 0 spiro atoms. The van der Waals surface area contributed by atoms with Crippen LogP contribution in [-0.2, 0) is 0 Å². The molecule has 0 aliphatic carbocycles. The van der Waals surface area contributed by atoms with Crippen molar-refractivity contribution in [3.05, 3.63) is 385 Å². The Kier molecular flexibility index (Phi) is 17.4. The molecule has 20 aromatic rings. The maximum absolute atomic E-state index is 2.30. The van der Waals surface area contributed by atoms with Crippen LogP contribution in [-0.4, -0.2) is 0 Å². The van der Waals surface area contributed by atoms with E-state index in [0.29, 0.717) is 0 Å². The zero-order chi connectivity index (χ0) is 66.6. The van der Waals surface area contributed by atoms with Crippen molar-refractivity contribution >= 4 is 151 Å². The standard InChI is InChI=1S/2C19H14.4C15H12/c1-13-7-6-12-18-16-9-3-2-8-14(16)15-10-4-5-11-17(15)19(13)18;1-13-10-11-18-16-8-3-2-6-14(16)15-7-4-5-9-17(15)19(18)12-13;1-11-14-8-4-2-6-12(14)10-13-7-3-5-9-15(11)13;1-11-5-4-7-13-10-9-12-6-2-3-8-14(12)15(11)13;1-11-10-12-6-2-3-8-14(12)15-9-5-4-7-13(11)15;1-11-6-7-14-9-12-4-2-3-5-13(12)10-15(14)8-11/h2*2-12H,1H3;4*2-10H,1H3. The predicted molar refractivity (Wildman–Crippen MR) is 432 cm³/mol. The molecular formula is C98H76. The van der Waals surface area contributed by atoms with Crippen molar-refractivity contribution in [2.24, 2.45) is 0 Å². The maximum atomic E-state index is 2.30. The van der Waals surface area contributed by atoms with Crippen LogP contribution in [0.1, 0.15) is 33.4 Å². The van der Waals surface area contributed by atoms with Crippen molar-refractivity contribution in [1.82, 2.24) is 0 Å². The monoisotopic (exact) mass is 1250 g/mol. The summed E-state index contributed by atoms with van der Waals surface area (Å²) in [5.74, 6) is 0. The van der Waals surface area contributed by atoms with E-state index in [9.17, 15) is 0 Å². The zero-order valence-corrected chi connectivity index (χ0v) is 56.5. The van der Waals surface area contributed by atoms with Crippen LogP contribution in [0, 0.1) is 41.5 Å². The van der Waals surface area contributed by atoms with Gasteiger partial charge in [0, 0.05) is 0 Å². The van der Waals surface area contributed by atoms with Crippen LogP contribution in [0.4, 0.5) is 0 Å². The Morgan fingerprint density at radius 2 is 0.439 bits per heavy atom. The molecule has 0 radical (unpaired) electrons. The third-order valence-corrected chi connectivity index (χ3v) is 19.7. The van der Waals surface area contributed by atoms with Crippen LogP contribution in [0.3, 0.4) is 0 Å². The highest BCUT2D eigenvalue weighted by atomic mass is 14.2. The molecule has 0 aliphatic heterocycles. The molecule has 0 unspecified atom stereocenters. The van der Waals surface area contributed by atoms with Crippen molar-refractivity contribution in [2.75, 3.05) is 0 Å². The van der Waals surface area contributed by atoms with Crippen molar-refractivity contribution in [2.45, 2.75) is 41.5 Å². The molecule has 0 bridgehead atoms. The van der Waals surface area contributed by atoms with Crippen molar-refractivity contribution < 1.29 is 0 Å². The number of fused-ring (bicyclic) bond motifs is 22. The predicted octanol–water partition coefficient (Wildman–Crippen LogP) is 28.1. The minimum absolute atomic E-state index is 1.31. The molecule has 468 valence electrons. The first-order valence-electron chi connectivity index (χ1n) is 34.2.